The second-order valence-corrected chi connectivity index (χ2v) is 7.46. The molecule has 3 aliphatic carbocycles. The van der Waals surface area contributed by atoms with E-state index in [2.05, 4.69) is 20.8 Å². The SMILES string of the molecule is CC1CCC(C2CC3CC2CC3(C)C)C1. The van der Waals surface area contributed by atoms with E-state index in [1.165, 1.54) is 12.8 Å². The summed E-state index contributed by atoms with van der Waals surface area (Å²) in [7, 11) is 0. The predicted molar refractivity (Wildman–Crippen MR) is 64.6 cm³/mol. The molecule has 3 aliphatic rings. The van der Waals surface area contributed by atoms with Crippen LogP contribution < -0.4 is 0 Å². The van der Waals surface area contributed by atoms with Gasteiger partial charge in [0.2, 0.25) is 0 Å². The number of fused-ring (bicyclic) bond motifs is 2. The zero-order valence-electron chi connectivity index (χ0n) is 10.6. The molecule has 86 valence electrons. The van der Waals surface area contributed by atoms with E-state index in [0.717, 1.165) is 29.6 Å². The van der Waals surface area contributed by atoms with Gasteiger partial charge < -0.3 is 0 Å². The molecule has 0 N–H and O–H groups in total. The van der Waals surface area contributed by atoms with Crippen molar-refractivity contribution < 1.29 is 0 Å². The molecule has 5 unspecified atom stereocenters. The summed E-state index contributed by atoms with van der Waals surface area (Å²) in [6.45, 7) is 7.47. The maximum absolute atomic E-state index is 2.51. The van der Waals surface area contributed by atoms with Gasteiger partial charge in [-0.25, -0.2) is 0 Å². The molecule has 15 heavy (non-hydrogen) atoms. The largest absolute Gasteiger partial charge is 0.0625 e. The Morgan fingerprint density at radius 3 is 2.20 bits per heavy atom. The van der Waals surface area contributed by atoms with Crippen LogP contribution in [0.15, 0.2) is 0 Å². The van der Waals surface area contributed by atoms with Crippen LogP contribution in [0, 0.1) is 35.0 Å². The highest BCUT2D eigenvalue weighted by molar-refractivity contribution is 5.02. The van der Waals surface area contributed by atoms with Gasteiger partial charge in [0.1, 0.15) is 0 Å². The molecule has 0 spiro atoms. The lowest BCUT2D eigenvalue weighted by Gasteiger charge is -2.36. The van der Waals surface area contributed by atoms with E-state index in [9.17, 15) is 0 Å². The Morgan fingerprint density at radius 1 is 0.933 bits per heavy atom. The van der Waals surface area contributed by atoms with E-state index in [-0.39, 0.29) is 0 Å². The Hall–Kier alpha value is 0. The van der Waals surface area contributed by atoms with Crippen molar-refractivity contribution in [3.8, 4) is 0 Å². The molecule has 0 aromatic rings. The maximum atomic E-state index is 2.51. The fourth-order valence-electron chi connectivity index (χ4n) is 5.09. The van der Waals surface area contributed by atoms with Crippen LogP contribution in [0.2, 0.25) is 0 Å². The molecule has 0 aliphatic heterocycles. The van der Waals surface area contributed by atoms with E-state index in [1.807, 2.05) is 0 Å². The van der Waals surface area contributed by atoms with Crippen LogP contribution in [0.5, 0.6) is 0 Å². The number of hydrogen-bond acceptors (Lipinski definition) is 0. The highest BCUT2D eigenvalue weighted by Gasteiger charge is 2.52. The number of rotatable bonds is 1. The third kappa shape index (κ3) is 1.56. The minimum atomic E-state index is 0.686. The predicted octanol–water partition coefficient (Wildman–Crippen LogP) is 4.49. The first-order valence-corrected chi connectivity index (χ1v) is 7.06. The molecule has 0 saturated heterocycles. The van der Waals surface area contributed by atoms with E-state index >= 15 is 0 Å². The Bertz CT molecular complexity index is 253. The molecule has 0 nitrogen and oxygen atoms in total. The molecule has 3 rings (SSSR count). The van der Waals surface area contributed by atoms with Crippen molar-refractivity contribution in [2.75, 3.05) is 0 Å². The van der Waals surface area contributed by atoms with Crippen LogP contribution >= 0.6 is 0 Å². The molecule has 0 radical (unpaired) electrons. The van der Waals surface area contributed by atoms with Crippen molar-refractivity contribution in [1.29, 1.82) is 0 Å². The van der Waals surface area contributed by atoms with Crippen LogP contribution in [0.25, 0.3) is 0 Å². The van der Waals surface area contributed by atoms with Crippen LogP contribution in [0.3, 0.4) is 0 Å². The monoisotopic (exact) mass is 206 g/mol. The fraction of sp³-hybridized carbons (Fsp3) is 1.00. The van der Waals surface area contributed by atoms with E-state index < -0.39 is 0 Å². The molecule has 0 heteroatoms. The van der Waals surface area contributed by atoms with Crippen LogP contribution in [-0.4, -0.2) is 0 Å². The third-order valence-corrected chi connectivity index (χ3v) is 5.98. The lowest BCUT2D eigenvalue weighted by molar-refractivity contribution is 0.134. The molecule has 0 aromatic carbocycles. The molecule has 0 heterocycles. The van der Waals surface area contributed by atoms with Gasteiger partial charge in [0.05, 0.1) is 0 Å². The molecular weight excluding hydrogens is 180 g/mol. The molecule has 0 amide bonds. The summed E-state index contributed by atoms with van der Waals surface area (Å²) in [5.41, 5.74) is 0.686. The highest BCUT2D eigenvalue weighted by atomic mass is 14.6. The van der Waals surface area contributed by atoms with Gasteiger partial charge in [-0.15, -0.1) is 0 Å². The maximum Gasteiger partial charge on any atom is -0.0323 e. The van der Waals surface area contributed by atoms with Gasteiger partial charge in [-0.1, -0.05) is 27.2 Å². The van der Waals surface area contributed by atoms with Crippen molar-refractivity contribution >= 4 is 0 Å². The Labute approximate surface area is 94.8 Å². The smallest absolute Gasteiger partial charge is 0.0323 e. The standard InChI is InChI=1S/C15H26/c1-10-4-5-11(6-10)14-8-13-7-12(14)9-15(13,2)3/h10-14H,4-9H2,1-3H3. The topological polar surface area (TPSA) is 0 Å². The van der Waals surface area contributed by atoms with Crippen molar-refractivity contribution in [2.24, 2.45) is 35.0 Å². The zero-order chi connectivity index (χ0) is 10.6. The average molecular weight is 206 g/mol. The first-order chi connectivity index (χ1) is 7.06. The second-order valence-electron chi connectivity index (χ2n) is 7.46. The average Bonchev–Trinajstić information content (AvgIpc) is 2.76. The number of hydrogen-bond donors (Lipinski definition) is 0. The van der Waals surface area contributed by atoms with Crippen LogP contribution in [-0.2, 0) is 0 Å². The molecule has 0 aromatic heterocycles. The Kier molecular flexibility index (Phi) is 2.20. The van der Waals surface area contributed by atoms with Gasteiger partial charge in [0, 0.05) is 0 Å². The minimum absolute atomic E-state index is 0.686. The Balaban J connectivity index is 1.68. The summed E-state index contributed by atoms with van der Waals surface area (Å²) < 4.78 is 0. The first-order valence-electron chi connectivity index (χ1n) is 7.06. The lowest BCUT2D eigenvalue weighted by Crippen LogP contribution is -2.28. The van der Waals surface area contributed by atoms with Crippen molar-refractivity contribution in [1.82, 2.24) is 0 Å². The summed E-state index contributed by atoms with van der Waals surface area (Å²) in [6.07, 6.45) is 9.30. The van der Waals surface area contributed by atoms with Crippen LogP contribution in [0.1, 0.15) is 59.3 Å². The van der Waals surface area contributed by atoms with Gasteiger partial charge >= 0.3 is 0 Å². The lowest BCUT2D eigenvalue weighted by atomic mass is 9.69. The van der Waals surface area contributed by atoms with Crippen molar-refractivity contribution in [2.45, 2.75) is 59.3 Å². The molecule has 3 fully saturated rings. The normalized spacial score (nSPS) is 52.6. The quantitative estimate of drug-likeness (QED) is 0.593. The second kappa shape index (κ2) is 3.25. The van der Waals surface area contributed by atoms with Crippen LogP contribution in [0.4, 0.5) is 0 Å². The third-order valence-electron chi connectivity index (χ3n) is 5.98. The van der Waals surface area contributed by atoms with Crippen molar-refractivity contribution in [3.63, 3.8) is 0 Å². The van der Waals surface area contributed by atoms with E-state index in [4.69, 9.17) is 0 Å². The van der Waals surface area contributed by atoms with Gasteiger partial charge in [0.15, 0.2) is 0 Å². The molecular formula is C15H26. The Morgan fingerprint density at radius 2 is 1.73 bits per heavy atom. The minimum Gasteiger partial charge on any atom is -0.0625 e. The van der Waals surface area contributed by atoms with Gasteiger partial charge in [-0.05, 0) is 67.1 Å². The van der Waals surface area contributed by atoms with E-state index in [1.54, 1.807) is 25.7 Å². The summed E-state index contributed by atoms with van der Waals surface area (Å²) >= 11 is 0. The summed E-state index contributed by atoms with van der Waals surface area (Å²) in [4.78, 5) is 0. The highest BCUT2D eigenvalue weighted by Crippen LogP contribution is 2.61. The van der Waals surface area contributed by atoms with E-state index in [0.29, 0.717) is 5.41 Å². The fourth-order valence-corrected chi connectivity index (χ4v) is 5.09. The zero-order valence-corrected chi connectivity index (χ0v) is 10.6. The molecule has 2 bridgehead atoms. The summed E-state index contributed by atoms with van der Waals surface area (Å²) in [5, 5.41) is 0. The summed E-state index contributed by atoms with van der Waals surface area (Å²) in [5.74, 6) is 5.46. The van der Waals surface area contributed by atoms with Gasteiger partial charge in [-0.3, -0.25) is 0 Å². The summed E-state index contributed by atoms with van der Waals surface area (Å²) in [6, 6.07) is 0. The van der Waals surface area contributed by atoms with Crippen molar-refractivity contribution in [3.05, 3.63) is 0 Å². The molecule has 5 atom stereocenters. The van der Waals surface area contributed by atoms with Gasteiger partial charge in [0.25, 0.3) is 0 Å². The molecule has 3 saturated carbocycles. The van der Waals surface area contributed by atoms with Gasteiger partial charge in [-0.2, -0.15) is 0 Å². The first kappa shape index (κ1) is 10.2.